The van der Waals surface area contributed by atoms with Gasteiger partial charge in [-0.25, -0.2) is 0 Å². The van der Waals surface area contributed by atoms with Crippen LogP contribution in [0.4, 0.5) is 0 Å². The van der Waals surface area contributed by atoms with Crippen LogP contribution in [-0.4, -0.2) is 46.9 Å². The van der Waals surface area contributed by atoms with Crippen LogP contribution in [0.3, 0.4) is 0 Å². The zero-order valence-electron chi connectivity index (χ0n) is 14.0. The molecule has 1 aromatic carbocycles. The summed E-state index contributed by atoms with van der Waals surface area (Å²) < 4.78 is 5.27. The highest BCUT2D eigenvalue weighted by molar-refractivity contribution is 7.80. The van der Waals surface area contributed by atoms with Crippen molar-refractivity contribution in [2.45, 2.75) is 13.8 Å². The Morgan fingerprint density at radius 2 is 1.67 bits per heavy atom. The predicted octanol–water partition coefficient (Wildman–Crippen LogP) is 2.63. The number of rotatable bonds is 5. The van der Waals surface area contributed by atoms with Crippen molar-refractivity contribution in [2.75, 3.05) is 20.2 Å². The molecular formula is C18H20N2O3S. The molecule has 1 aliphatic heterocycles. The number of hydrogen-bond donors (Lipinski definition) is 0. The Morgan fingerprint density at radius 3 is 2.21 bits per heavy atom. The lowest BCUT2D eigenvalue weighted by Gasteiger charge is -2.35. The number of carbonyl (C=O) groups is 2. The number of ether oxygens (including phenoxy) is 1. The van der Waals surface area contributed by atoms with Crippen LogP contribution in [0, 0.1) is 0 Å². The fraction of sp³-hybridized carbons (Fsp3) is 0.278. The van der Waals surface area contributed by atoms with E-state index in [0.29, 0.717) is 13.1 Å². The molecule has 1 saturated heterocycles. The maximum Gasteiger partial charge on any atom is 0.265 e. The molecule has 0 atom stereocenters. The zero-order valence-corrected chi connectivity index (χ0v) is 14.8. The van der Waals surface area contributed by atoms with E-state index in [0.717, 1.165) is 11.3 Å². The van der Waals surface area contributed by atoms with Crippen LogP contribution < -0.4 is 4.74 Å². The minimum absolute atomic E-state index is 0.110. The van der Waals surface area contributed by atoms with Crippen LogP contribution in [-0.2, 0) is 9.59 Å². The number of amides is 2. The minimum atomic E-state index is -0.359. The predicted molar refractivity (Wildman–Crippen MR) is 97.5 cm³/mol. The van der Waals surface area contributed by atoms with Crippen molar-refractivity contribution < 1.29 is 14.3 Å². The summed E-state index contributed by atoms with van der Waals surface area (Å²) in [7, 11) is 1.60. The normalized spacial score (nSPS) is 15.5. The first kappa shape index (κ1) is 17.9. The Labute approximate surface area is 147 Å². The molecule has 0 radical (unpaired) electrons. The number of carbonyl (C=O) groups excluding carboxylic acids is 2. The van der Waals surface area contributed by atoms with Crippen molar-refractivity contribution in [2.24, 2.45) is 0 Å². The van der Waals surface area contributed by atoms with E-state index < -0.39 is 0 Å². The van der Waals surface area contributed by atoms with Gasteiger partial charge >= 0.3 is 0 Å². The number of thiocarbonyl (C=S) groups is 1. The third-order valence-corrected chi connectivity index (χ3v) is 4.16. The summed E-state index contributed by atoms with van der Waals surface area (Å²) in [6, 6.07) is 7.51. The molecule has 0 spiro atoms. The van der Waals surface area contributed by atoms with E-state index in [1.54, 1.807) is 19.3 Å². The molecule has 1 aliphatic rings. The highest BCUT2D eigenvalue weighted by Gasteiger charge is 2.37. The molecule has 0 unspecified atom stereocenters. The van der Waals surface area contributed by atoms with Crippen LogP contribution in [0.15, 0.2) is 42.0 Å². The van der Waals surface area contributed by atoms with Crippen molar-refractivity contribution in [3.63, 3.8) is 0 Å². The Hall–Kier alpha value is -2.47. The second-order valence-corrected chi connectivity index (χ2v) is 5.43. The highest BCUT2D eigenvalue weighted by atomic mass is 32.1. The number of allylic oxidation sites excluding steroid dienone is 2. The van der Waals surface area contributed by atoms with E-state index in [2.05, 4.69) is 0 Å². The second kappa shape index (κ2) is 7.88. The van der Waals surface area contributed by atoms with Gasteiger partial charge in [-0.2, -0.15) is 0 Å². The number of para-hydroxylation sites is 1. The van der Waals surface area contributed by atoms with Crippen LogP contribution in [0.1, 0.15) is 19.4 Å². The second-order valence-electron chi connectivity index (χ2n) is 5.06. The molecule has 0 saturated carbocycles. The van der Waals surface area contributed by atoms with E-state index in [-0.39, 0.29) is 22.5 Å². The van der Waals surface area contributed by atoms with Gasteiger partial charge in [-0.15, -0.1) is 0 Å². The average molecular weight is 344 g/mol. The Bertz CT molecular complexity index is 697. The van der Waals surface area contributed by atoms with Gasteiger partial charge in [0.2, 0.25) is 0 Å². The number of benzene rings is 1. The van der Waals surface area contributed by atoms with Crippen LogP contribution in [0.2, 0.25) is 0 Å². The third-order valence-electron chi connectivity index (χ3n) is 3.72. The molecule has 1 fully saturated rings. The van der Waals surface area contributed by atoms with Crippen molar-refractivity contribution in [1.82, 2.24) is 9.80 Å². The number of likely N-dealkylation sites (N-methyl/N-ethyl adjacent to an activating group) is 2. The first-order valence-electron chi connectivity index (χ1n) is 7.74. The standard InChI is InChI=1S/C18H20N2O3S/c1-4-19-16(21)14(17(22)20(5-2)18(19)24)11-8-10-13-9-6-7-12-15(13)23-3/h6-12H,4-5H2,1-3H3/b10-8+. The molecule has 1 heterocycles. The molecule has 0 bridgehead atoms. The molecule has 126 valence electrons. The molecule has 2 amide bonds. The van der Waals surface area contributed by atoms with Gasteiger partial charge in [0.1, 0.15) is 11.3 Å². The summed E-state index contributed by atoms with van der Waals surface area (Å²) in [5.41, 5.74) is 0.973. The lowest BCUT2D eigenvalue weighted by Crippen LogP contribution is -2.55. The fourth-order valence-corrected chi connectivity index (χ4v) is 2.88. The van der Waals surface area contributed by atoms with Gasteiger partial charge in [0.05, 0.1) is 7.11 Å². The van der Waals surface area contributed by atoms with Gasteiger partial charge in [0.15, 0.2) is 5.11 Å². The summed E-state index contributed by atoms with van der Waals surface area (Å²) in [5, 5.41) is 0.265. The number of nitrogens with zero attached hydrogens (tertiary/aromatic N) is 2. The first-order chi connectivity index (χ1) is 11.5. The minimum Gasteiger partial charge on any atom is -0.496 e. The highest BCUT2D eigenvalue weighted by Crippen LogP contribution is 2.20. The van der Waals surface area contributed by atoms with Gasteiger partial charge in [-0.1, -0.05) is 30.4 Å². The SMILES string of the molecule is CCN1C(=O)C(=C/C=C/c2ccccc2OC)C(=O)N(CC)C1=S. The first-order valence-corrected chi connectivity index (χ1v) is 8.15. The van der Waals surface area contributed by atoms with Gasteiger partial charge in [0.25, 0.3) is 11.8 Å². The van der Waals surface area contributed by atoms with E-state index in [1.165, 1.54) is 15.9 Å². The van der Waals surface area contributed by atoms with E-state index in [9.17, 15) is 9.59 Å². The smallest absolute Gasteiger partial charge is 0.265 e. The maximum atomic E-state index is 12.5. The molecule has 5 nitrogen and oxygen atoms in total. The Kier molecular flexibility index (Phi) is 5.87. The lowest BCUT2D eigenvalue weighted by molar-refractivity contribution is -0.133. The quantitative estimate of drug-likeness (QED) is 0.468. The Morgan fingerprint density at radius 1 is 1.08 bits per heavy atom. The summed E-state index contributed by atoms with van der Waals surface area (Å²) in [4.78, 5) is 27.8. The number of methoxy groups -OCH3 is 1. The van der Waals surface area contributed by atoms with E-state index in [4.69, 9.17) is 17.0 Å². The summed E-state index contributed by atoms with van der Waals surface area (Å²) >= 11 is 5.22. The van der Waals surface area contributed by atoms with Gasteiger partial charge in [-0.3, -0.25) is 19.4 Å². The van der Waals surface area contributed by atoms with Crippen molar-refractivity contribution in [3.8, 4) is 5.75 Å². The third kappa shape index (κ3) is 3.38. The molecule has 1 aromatic rings. The topological polar surface area (TPSA) is 49.9 Å². The molecule has 0 aromatic heterocycles. The van der Waals surface area contributed by atoms with Crippen LogP contribution >= 0.6 is 12.2 Å². The summed E-state index contributed by atoms with van der Waals surface area (Å²) in [5.74, 6) is 0.00347. The average Bonchev–Trinajstić information content (AvgIpc) is 2.59. The Balaban J connectivity index is 2.33. The maximum absolute atomic E-state index is 12.5. The molecule has 2 rings (SSSR count). The number of hydrogen-bond acceptors (Lipinski definition) is 4. The van der Waals surface area contributed by atoms with Gasteiger partial charge in [-0.05, 0) is 38.2 Å². The van der Waals surface area contributed by atoms with Crippen molar-refractivity contribution >= 4 is 35.2 Å². The molecule has 24 heavy (non-hydrogen) atoms. The lowest BCUT2D eigenvalue weighted by atomic mass is 10.1. The molecule has 0 N–H and O–H groups in total. The largest absolute Gasteiger partial charge is 0.496 e. The van der Waals surface area contributed by atoms with E-state index in [1.807, 2.05) is 38.1 Å². The van der Waals surface area contributed by atoms with Crippen LogP contribution in [0.25, 0.3) is 6.08 Å². The monoisotopic (exact) mass is 344 g/mol. The summed E-state index contributed by atoms with van der Waals surface area (Å²) in [6.07, 6.45) is 5.01. The molecule has 6 heteroatoms. The molecule has 0 aliphatic carbocycles. The van der Waals surface area contributed by atoms with Crippen molar-refractivity contribution in [1.29, 1.82) is 0 Å². The van der Waals surface area contributed by atoms with E-state index >= 15 is 0 Å². The van der Waals surface area contributed by atoms with Gasteiger partial charge in [0, 0.05) is 18.7 Å². The van der Waals surface area contributed by atoms with Gasteiger partial charge < -0.3 is 4.74 Å². The fourth-order valence-electron chi connectivity index (χ4n) is 2.45. The summed E-state index contributed by atoms with van der Waals surface area (Å²) in [6.45, 7) is 4.51. The van der Waals surface area contributed by atoms with Crippen molar-refractivity contribution in [3.05, 3.63) is 47.6 Å². The zero-order chi connectivity index (χ0) is 17.7. The molecular weight excluding hydrogens is 324 g/mol. The van der Waals surface area contributed by atoms with Crippen LogP contribution in [0.5, 0.6) is 5.75 Å².